The van der Waals surface area contributed by atoms with Gasteiger partial charge >= 0.3 is 0 Å². The van der Waals surface area contributed by atoms with E-state index in [9.17, 15) is 9.59 Å². The van der Waals surface area contributed by atoms with E-state index in [0.29, 0.717) is 13.1 Å². The van der Waals surface area contributed by atoms with Crippen molar-refractivity contribution < 1.29 is 9.59 Å². The summed E-state index contributed by atoms with van der Waals surface area (Å²) < 4.78 is 0. The lowest BCUT2D eigenvalue weighted by molar-refractivity contribution is -0.126. The molecule has 1 fully saturated rings. The van der Waals surface area contributed by atoms with Gasteiger partial charge in [-0.3, -0.25) is 9.59 Å². The number of anilines is 1. The third-order valence-electron chi connectivity index (χ3n) is 4.44. The van der Waals surface area contributed by atoms with Crippen molar-refractivity contribution in [1.29, 1.82) is 0 Å². The van der Waals surface area contributed by atoms with E-state index in [4.69, 9.17) is 0 Å². The summed E-state index contributed by atoms with van der Waals surface area (Å²) in [6, 6.07) is 6.15. The molecule has 0 bridgehead atoms. The fraction of sp³-hybridized carbons (Fsp3) is 0.529. The molecule has 2 unspecified atom stereocenters. The Labute approximate surface area is 144 Å². The first kappa shape index (κ1) is 19.5. The monoisotopic (exact) mass is 339 g/mol. The lowest BCUT2D eigenvalue weighted by Crippen LogP contribution is -2.40. The van der Waals surface area contributed by atoms with Gasteiger partial charge in [-0.2, -0.15) is 0 Å². The molecule has 2 N–H and O–H groups in total. The lowest BCUT2D eigenvalue weighted by Gasteiger charge is -2.20. The maximum absolute atomic E-state index is 12.3. The number of nitrogens with zero attached hydrogens (tertiary/aromatic N) is 1. The van der Waals surface area contributed by atoms with Gasteiger partial charge in [0.1, 0.15) is 0 Å². The van der Waals surface area contributed by atoms with Crippen LogP contribution < -0.4 is 15.5 Å². The second-order valence-corrected chi connectivity index (χ2v) is 6.06. The highest BCUT2D eigenvalue weighted by molar-refractivity contribution is 6.00. The first-order valence-electron chi connectivity index (χ1n) is 7.75. The summed E-state index contributed by atoms with van der Waals surface area (Å²) in [7, 11) is 1.86. The van der Waals surface area contributed by atoms with Crippen LogP contribution in [0.15, 0.2) is 18.2 Å². The fourth-order valence-electron chi connectivity index (χ4n) is 2.64. The number of amides is 2. The van der Waals surface area contributed by atoms with Crippen molar-refractivity contribution in [2.45, 2.75) is 33.2 Å². The molecule has 0 spiro atoms. The van der Waals surface area contributed by atoms with Gasteiger partial charge in [0.05, 0.1) is 5.92 Å². The van der Waals surface area contributed by atoms with Gasteiger partial charge in [0.2, 0.25) is 11.8 Å². The fourth-order valence-corrected chi connectivity index (χ4v) is 2.64. The van der Waals surface area contributed by atoms with E-state index in [0.717, 1.165) is 16.8 Å². The summed E-state index contributed by atoms with van der Waals surface area (Å²) in [4.78, 5) is 26.2. The first-order valence-corrected chi connectivity index (χ1v) is 7.75. The minimum atomic E-state index is -0.267. The molecule has 5 nitrogen and oxygen atoms in total. The van der Waals surface area contributed by atoms with Crippen molar-refractivity contribution in [2.24, 2.45) is 5.92 Å². The van der Waals surface area contributed by atoms with Crippen LogP contribution in [0, 0.1) is 19.8 Å². The SMILES string of the molecule is CNC(C)CNC(=O)C1CC(=O)N(c2cccc(C)c2C)C1.Cl. The van der Waals surface area contributed by atoms with Crippen molar-refractivity contribution >= 4 is 29.9 Å². The predicted molar refractivity (Wildman–Crippen MR) is 95.2 cm³/mol. The van der Waals surface area contributed by atoms with E-state index in [1.54, 1.807) is 4.90 Å². The van der Waals surface area contributed by atoms with E-state index in [2.05, 4.69) is 10.6 Å². The number of hydrogen-bond donors (Lipinski definition) is 2. The Hall–Kier alpha value is -1.59. The van der Waals surface area contributed by atoms with E-state index in [-0.39, 0.29) is 42.6 Å². The highest BCUT2D eigenvalue weighted by Crippen LogP contribution is 2.29. The maximum atomic E-state index is 12.3. The van der Waals surface area contributed by atoms with Gasteiger partial charge in [-0.05, 0) is 45.0 Å². The molecule has 2 atom stereocenters. The highest BCUT2D eigenvalue weighted by Gasteiger charge is 2.35. The zero-order chi connectivity index (χ0) is 16.3. The summed E-state index contributed by atoms with van der Waals surface area (Å²) in [6.45, 7) is 7.08. The lowest BCUT2D eigenvalue weighted by atomic mass is 10.1. The standard InChI is InChI=1S/C17H25N3O2.ClH/c1-11-6-5-7-15(13(11)3)20-10-14(8-16(20)21)17(22)19-9-12(2)18-4;/h5-7,12,14,18H,8-10H2,1-4H3,(H,19,22);1H. The second-order valence-electron chi connectivity index (χ2n) is 6.06. The second kappa shape index (κ2) is 8.31. The number of benzene rings is 1. The summed E-state index contributed by atoms with van der Waals surface area (Å²) in [5, 5.41) is 5.99. The van der Waals surface area contributed by atoms with Crippen molar-refractivity contribution in [2.75, 3.05) is 25.0 Å². The first-order chi connectivity index (χ1) is 10.4. The van der Waals surface area contributed by atoms with Crippen molar-refractivity contribution in [1.82, 2.24) is 10.6 Å². The number of aryl methyl sites for hydroxylation is 1. The van der Waals surface area contributed by atoms with Crippen LogP contribution in [0.5, 0.6) is 0 Å². The number of carbonyl (C=O) groups excluding carboxylic acids is 2. The summed E-state index contributed by atoms with van der Waals surface area (Å²) in [6.07, 6.45) is 0.285. The predicted octanol–water partition coefficient (Wildman–Crippen LogP) is 1.80. The molecule has 1 saturated heterocycles. The van der Waals surface area contributed by atoms with Gasteiger partial charge in [0, 0.05) is 31.2 Å². The molecule has 0 saturated carbocycles. The molecule has 2 rings (SSSR count). The van der Waals surface area contributed by atoms with E-state index >= 15 is 0 Å². The minimum absolute atomic E-state index is 0. The van der Waals surface area contributed by atoms with Crippen LogP contribution in [-0.4, -0.2) is 38.0 Å². The number of rotatable bonds is 5. The van der Waals surface area contributed by atoms with Crippen LogP contribution in [0.25, 0.3) is 0 Å². The summed E-state index contributed by atoms with van der Waals surface area (Å²) in [5.41, 5.74) is 3.17. The Kier molecular flexibility index (Phi) is 7.03. The van der Waals surface area contributed by atoms with Crippen molar-refractivity contribution in [3.05, 3.63) is 29.3 Å². The molecule has 0 aromatic heterocycles. The molecule has 1 aliphatic rings. The van der Waals surface area contributed by atoms with Gasteiger partial charge in [0.15, 0.2) is 0 Å². The van der Waals surface area contributed by atoms with Crippen LogP contribution >= 0.6 is 12.4 Å². The largest absolute Gasteiger partial charge is 0.354 e. The smallest absolute Gasteiger partial charge is 0.227 e. The van der Waals surface area contributed by atoms with Gasteiger partial charge in [-0.1, -0.05) is 12.1 Å². The maximum Gasteiger partial charge on any atom is 0.227 e. The topological polar surface area (TPSA) is 61.4 Å². The normalized spacial score (nSPS) is 18.5. The van der Waals surface area contributed by atoms with E-state index in [1.165, 1.54) is 0 Å². The van der Waals surface area contributed by atoms with Gasteiger partial charge < -0.3 is 15.5 Å². The molecule has 23 heavy (non-hydrogen) atoms. The summed E-state index contributed by atoms with van der Waals surface area (Å²) in [5.74, 6) is -0.282. The number of hydrogen-bond acceptors (Lipinski definition) is 3. The van der Waals surface area contributed by atoms with Crippen LogP contribution in [-0.2, 0) is 9.59 Å². The third kappa shape index (κ3) is 4.45. The minimum Gasteiger partial charge on any atom is -0.354 e. The molecular weight excluding hydrogens is 314 g/mol. The number of carbonyl (C=O) groups is 2. The molecule has 2 amide bonds. The quantitative estimate of drug-likeness (QED) is 0.860. The summed E-state index contributed by atoms with van der Waals surface area (Å²) >= 11 is 0. The molecule has 6 heteroatoms. The molecule has 1 aromatic rings. The zero-order valence-electron chi connectivity index (χ0n) is 14.2. The molecule has 1 aromatic carbocycles. The average Bonchev–Trinajstić information content (AvgIpc) is 2.89. The van der Waals surface area contributed by atoms with Crippen molar-refractivity contribution in [3.63, 3.8) is 0 Å². The molecule has 0 radical (unpaired) electrons. The Morgan fingerprint density at radius 1 is 1.39 bits per heavy atom. The highest BCUT2D eigenvalue weighted by atomic mass is 35.5. The average molecular weight is 340 g/mol. The van der Waals surface area contributed by atoms with Crippen LogP contribution in [0.1, 0.15) is 24.5 Å². The van der Waals surface area contributed by atoms with Gasteiger partial charge in [-0.25, -0.2) is 0 Å². The van der Waals surface area contributed by atoms with Gasteiger partial charge in [-0.15, -0.1) is 12.4 Å². The number of halogens is 1. The van der Waals surface area contributed by atoms with Crippen LogP contribution in [0.2, 0.25) is 0 Å². The van der Waals surface area contributed by atoms with Crippen LogP contribution in [0.4, 0.5) is 5.69 Å². The molecule has 128 valence electrons. The van der Waals surface area contributed by atoms with Gasteiger partial charge in [0.25, 0.3) is 0 Å². The molecule has 1 heterocycles. The van der Waals surface area contributed by atoms with Crippen molar-refractivity contribution in [3.8, 4) is 0 Å². The molecular formula is C17H26ClN3O2. The number of likely N-dealkylation sites (N-methyl/N-ethyl adjacent to an activating group) is 1. The van der Waals surface area contributed by atoms with E-state index < -0.39 is 0 Å². The Morgan fingerprint density at radius 3 is 2.74 bits per heavy atom. The van der Waals surface area contributed by atoms with Crippen LogP contribution in [0.3, 0.4) is 0 Å². The molecule has 0 aliphatic carbocycles. The Balaban J connectivity index is 0.00000264. The zero-order valence-corrected chi connectivity index (χ0v) is 15.0. The Morgan fingerprint density at radius 2 is 2.09 bits per heavy atom. The van der Waals surface area contributed by atoms with E-state index in [1.807, 2.05) is 46.0 Å². The third-order valence-corrected chi connectivity index (χ3v) is 4.44. The Bertz CT molecular complexity index is 577. The number of nitrogens with one attached hydrogen (secondary N) is 2. The molecule has 1 aliphatic heterocycles.